The second-order valence-electron chi connectivity index (χ2n) is 14.5. The van der Waals surface area contributed by atoms with E-state index in [2.05, 4.69) is 10.6 Å². The summed E-state index contributed by atoms with van der Waals surface area (Å²) in [5, 5.41) is 6.65. The summed E-state index contributed by atoms with van der Waals surface area (Å²) in [6, 6.07) is 15.4. The number of benzene rings is 3. The molecule has 3 aromatic carbocycles. The first kappa shape index (κ1) is 34.0. The Hall–Kier alpha value is -3.48. The van der Waals surface area contributed by atoms with Gasteiger partial charge in [-0.15, -0.1) is 0 Å². The van der Waals surface area contributed by atoms with Gasteiger partial charge >= 0.3 is 6.09 Å². The second kappa shape index (κ2) is 14.0. The molecule has 2 N–H and O–H groups in total. The molecule has 262 valence electrons. The molecule has 0 saturated carbocycles. The Kier molecular flexibility index (Phi) is 9.73. The molecular weight excluding hydrogens is 635 g/mol. The Morgan fingerprint density at radius 1 is 0.694 bits per heavy atom. The molecule has 6 aliphatic rings. The first-order valence-corrected chi connectivity index (χ1v) is 17.2. The normalized spacial score (nSPS) is 27.5. The van der Waals surface area contributed by atoms with Gasteiger partial charge in [0.2, 0.25) is 0 Å². The van der Waals surface area contributed by atoms with Gasteiger partial charge < -0.3 is 34.5 Å². The fourth-order valence-corrected chi connectivity index (χ4v) is 7.13. The van der Waals surface area contributed by atoms with E-state index in [-0.39, 0.29) is 47.9 Å². The molecule has 0 aliphatic carbocycles. The van der Waals surface area contributed by atoms with Gasteiger partial charge in [-0.25, -0.2) is 18.0 Å². The molecule has 3 aromatic rings. The standard InChI is InChI=1S/C16H20FNO3.2C11H12FNO/c1-16(2,3)21-15(19)18-7-6-13(18)14-12-5-4-11(17)8-10(12)9-20-14;2*12-8-1-2-9-7(5-8)6-14-11(9)10-3-4-13-10/h4-5,8,13-14H,6-7,9H2,1-3H3;2*1-2,5,10-11,13H,3-4,6H2/t13-,14?;10-,11+;10-,11-/m000/s1. The molecule has 0 spiro atoms. The summed E-state index contributed by atoms with van der Waals surface area (Å²) in [7, 11) is 0. The Bertz CT molecular complexity index is 1600. The molecule has 0 aromatic heterocycles. The molecule has 6 aliphatic heterocycles. The number of halogens is 3. The smallest absolute Gasteiger partial charge is 0.410 e. The molecule has 11 heteroatoms. The highest BCUT2D eigenvalue weighted by Crippen LogP contribution is 2.41. The van der Waals surface area contributed by atoms with E-state index in [1.54, 1.807) is 23.1 Å². The lowest BCUT2D eigenvalue weighted by atomic mass is 9.92. The van der Waals surface area contributed by atoms with Gasteiger partial charge in [0.05, 0.1) is 38.1 Å². The zero-order valence-electron chi connectivity index (χ0n) is 28.1. The van der Waals surface area contributed by atoms with Crippen molar-refractivity contribution in [2.45, 2.75) is 102 Å². The van der Waals surface area contributed by atoms with E-state index < -0.39 is 5.60 Å². The van der Waals surface area contributed by atoms with Crippen LogP contribution in [0.1, 0.15) is 91.7 Å². The molecule has 3 fully saturated rings. The Morgan fingerprint density at radius 3 is 1.45 bits per heavy atom. The Labute approximate surface area is 285 Å². The van der Waals surface area contributed by atoms with Crippen LogP contribution in [0.4, 0.5) is 18.0 Å². The molecule has 1 amide bonds. The maximum Gasteiger partial charge on any atom is 0.410 e. The van der Waals surface area contributed by atoms with Gasteiger partial charge in [-0.2, -0.15) is 0 Å². The number of likely N-dealkylation sites (tertiary alicyclic amines) is 1. The largest absolute Gasteiger partial charge is 0.444 e. The third-order valence-corrected chi connectivity index (χ3v) is 9.99. The quantitative estimate of drug-likeness (QED) is 0.311. The molecule has 0 radical (unpaired) electrons. The van der Waals surface area contributed by atoms with Crippen molar-refractivity contribution in [3.63, 3.8) is 0 Å². The van der Waals surface area contributed by atoms with Gasteiger partial charge in [0.25, 0.3) is 0 Å². The first-order valence-electron chi connectivity index (χ1n) is 17.2. The summed E-state index contributed by atoms with van der Waals surface area (Å²) in [6.45, 7) is 9.87. The van der Waals surface area contributed by atoms with Crippen molar-refractivity contribution in [1.29, 1.82) is 0 Å². The minimum atomic E-state index is -0.505. The number of nitrogens with one attached hydrogen (secondary N) is 2. The Balaban J connectivity index is 0.000000119. The number of hydrogen-bond acceptors (Lipinski definition) is 7. The molecule has 9 rings (SSSR count). The lowest BCUT2D eigenvalue weighted by Gasteiger charge is -2.44. The van der Waals surface area contributed by atoms with E-state index in [1.807, 2.05) is 32.9 Å². The van der Waals surface area contributed by atoms with Crippen LogP contribution in [0.2, 0.25) is 0 Å². The highest BCUT2D eigenvalue weighted by molar-refractivity contribution is 5.70. The van der Waals surface area contributed by atoms with Gasteiger partial charge in [-0.05, 0) is 123 Å². The van der Waals surface area contributed by atoms with Crippen molar-refractivity contribution in [1.82, 2.24) is 15.5 Å². The number of fused-ring (bicyclic) bond motifs is 3. The van der Waals surface area contributed by atoms with Crippen molar-refractivity contribution in [3.8, 4) is 0 Å². The zero-order chi connectivity index (χ0) is 34.3. The van der Waals surface area contributed by atoms with Crippen molar-refractivity contribution in [3.05, 3.63) is 105 Å². The van der Waals surface area contributed by atoms with Crippen molar-refractivity contribution in [2.24, 2.45) is 0 Å². The van der Waals surface area contributed by atoms with Crippen LogP contribution in [-0.2, 0) is 38.8 Å². The molecule has 1 unspecified atom stereocenters. The van der Waals surface area contributed by atoms with Gasteiger partial charge in [0, 0.05) is 18.6 Å². The number of carbonyl (C=O) groups is 1. The van der Waals surface area contributed by atoms with Crippen LogP contribution < -0.4 is 10.6 Å². The predicted octanol–water partition coefficient (Wildman–Crippen LogP) is 6.92. The average molecular weight is 680 g/mol. The average Bonchev–Trinajstić information content (AvgIpc) is 3.68. The fraction of sp³-hybridized carbons (Fsp3) is 0.500. The monoisotopic (exact) mass is 679 g/mol. The SMILES string of the molecule is CC(C)(C)OC(=O)N1CC[C@H]1C1OCc2cc(F)ccc21.Fc1ccc2c(c1)CO[C@@H]2[C@@H]1CCN1.Fc1ccc2c(c1)CO[C@H]2[C@@H]1CCN1. The summed E-state index contributed by atoms with van der Waals surface area (Å²) < 4.78 is 61.6. The van der Waals surface area contributed by atoms with Crippen LogP contribution in [0.3, 0.4) is 0 Å². The van der Waals surface area contributed by atoms with Crippen LogP contribution in [0.25, 0.3) is 0 Å². The highest BCUT2D eigenvalue weighted by Gasteiger charge is 2.44. The van der Waals surface area contributed by atoms with Gasteiger partial charge in [0.1, 0.15) is 29.2 Å². The van der Waals surface area contributed by atoms with E-state index >= 15 is 0 Å². The fourth-order valence-electron chi connectivity index (χ4n) is 7.13. The lowest BCUT2D eigenvalue weighted by Crippen LogP contribution is -2.55. The Morgan fingerprint density at radius 2 is 1.10 bits per heavy atom. The van der Waals surface area contributed by atoms with E-state index in [0.717, 1.165) is 65.7 Å². The topological polar surface area (TPSA) is 81.3 Å². The van der Waals surface area contributed by atoms with Crippen molar-refractivity contribution in [2.75, 3.05) is 19.6 Å². The highest BCUT2D eigenvalue weighted by atomic mass is 19.1. The molecular formula is C38H44F3N3O5. The summed E-state index contributed by atoms with van der Waals surface area (Å²) in [5.74, 6) is -0.597. The molecule has 6 atom stereocenters. The van der Waals surface area contributed by atoms with Gasteiger partial charge in [-0.1, -0.05) is 18.2 Å². The van der Waals surface area contributed by atoms with Crippen LogP contribution in [-0.4, -0.2) is 54.4 Å². The van der Waals surface area contributed by atoms with Crippen LogP contribution in [0, 0.1) is 17.5 Å². The number of rotatable bonds is 3. The van der Waals surface area contributed by atoms with Gasteiger partial charge in [0.15, 0.2) is 0 Å². The third kappa shape index (κ3) is 7.37. The number of nitrogens with zero attached hydrogens (tertiary/aromatic N) is 1. The van der Waals surface area contributed by atoms with Crippen LogP contribution >= 0.6 is 0 Å². The zero-order valence-corrected chi connectivity index (χ0v) is 28.1. The molecule has 6 heterocycles. The van der Waals surface area contributed by atoms with E-state index in [9.17, 15) is 18.0 Å². The van der Waals surface area contributed by atoms with Crippen molar-refractivity contribution < 1.29 is 36.9 Å². The summed E-state index contributed by atoms with van der Waals surface area (Å²) in [6.07, 6.45) is 2.97. The minimum Gasteiger partial charge on any atom is -0.444 e. The lowest BCUT2D eigenvalue weighted by molar-refractivity contribution is -0.0613. The molecule has 49 heavy (non-hydrogen) atoms. The summed E-state index contributed by atoms with van der Waals surface area (Å²) in [5.41, 5.74) is 5.67. The van der Waals surface area contributed by atoms with Crippen LogP contribution in [0.5, 0.6) is 0 Å². The summed E-state index contributed by atoms with van der Waals surface area (Å²) in [4.78, 5) is 13.9. The minimum absolute atomic E-state index is 0.0217. The molecule has 3 saturated heterocycles. The first-order chi connectivity index (χ1) is 23.5. The number of carbonyl (C=O) groups excluding carboxylic acids is 1. The summed E-state index contributed by atoms with van der Waals surface area (Å²) >= 11 is 0. The van der Waals surface area contributed by atoms with Crippen LogP contribution in [0.15, 0.2) is 54.6 Å². The maximum absolute atomic E-state index is 13.2. The maximum atomic E-state index is 13.2. The number of ether oxygens (including phenoxy) is 4. The molecule has 8 nitrogen and oxygen atoms in total. The van der Waals surface area contributed by atoms with E-state index in [4.69, 9.17) is 18.9 Å². The van der Waals surface area contributed by atoms with E-state index in [1.165, 1.54) is 24.3 Å². The second-order valence-corrected chi connectivity index (χ2v) is 14.5. The molecule has 0 bridgehead atoms. The number of hydrogen-bond donors (Lipinski definition) is 2. The third-order valence-electron chi connectivity index (χ3n) is 9.99. The van der Waals surface area contributed by atoms with Gasteiger partial charge in [-0.3, -0.25) is 0 Å². The van der Waals surface area contributed by atoms with E-state index in [0.29, 0.717) is 38.4 Å². The number of amides is 1. The van der Waals surface area contributed by atoms with Crippen molar-refractivity contribution >= 4 is 6.09 Å². The predicted molar refractivity (Wildman–Crippen MR) is 176 cm³/mol.